The first-order chi connectivity index (χ1) is 13.8. The van der Waals surface area contributed by atoms with E-state index in [1.807, 2.05) is 0 Å². The fraction of sp³-hybridized carbons (Fsp3) is 0.500. The number of hydrogen-bond acceptors (Lipinski definition) is 7. The van der Waals surface area contributed by atoms with Crippen LogP contribution in [0, 0.1) is 6.92 Å². The molecule has 2 fully saturated rings. The summed E-state index contributed by atoms with van der Waals surface area (Å²) in [6, 6.07) is 4.22. The van der Waals surface area contributed by atoms with Crippen LogP contribution in [-0.4, -0.2) is 64.2 Å². The van der Waals surface area contributed by atoms with Crippen molar-refractivity contribution in [2.24, 2.45) is 0 Å². The summed E-state index contributed by atoms with van der Waals surface area (Å²) in [6.07, 6.45) is 7.20. The molecular formula is C20H26N8. The maximum Gasteiger partial charge on any atom is 0.156 e. The van der Waals surface area contributed by atoms with Gasteiger partial charge in [0.2, 0.25) is 0 Å². The summed E-state index contributed by atoms with van der Waals surface area (Å²) in [5.41, 5.74) is 3.12. The normalized spacial score (nSPS) is 18.1. The van der Waals surface area contributed by atoms with E-state index in [2.05, 4.69) is 58.7 Å². The van der Waals surface area contributed by atoms with Crippen LogP contribution in [0.4, 0.5) is 17.5 Å². The molecular weight excluding hydrogens is 352 g/mol. The van der Waals surface area contributed by atoms with Gasteiger partial charge in [-0.2, -0.15) is 0 Å². The van der Waals surface area contributed by atoms with Crippen molar-refractivity contribution in [3.8, 4) is 0 Å². The molecule has 0 amide bonds. The predicted molar refractivity (Wildman–Crippen MR) is 111 cm³/mol. The molecule has 5 heterocycles. The fourth-order valence-electron chi connectivity index (χ4n) is 4.25. The van der Waals surface area contributed by atoms with Crippen LogP contribution >= 0.6 is 0 Å². The number of aromatic nitrogens is 5. The third-order valence-corrected chi connectivity index (χ3v) is 5.75. The lowest BCUT2D eigenvalue weighted by Gasteiger charge is -2.36. The zero-order valence-corrected chi connectivity index (χ0v) is 16.3. The summed E-state index contributed by atoms with van der Waals surface area (Å²) in [6.45, 7) is 7.91. The number of nitrogens with zero attached hydrogens (tertiary/aromatic N) is 7. The maximum atomic E-state index is 4.55. The van der Waals surface area contributed by atoms with E-state index in [4.69, 9.17) is 0 Å². The van der Waals surface area contributed by atoms with Gasteiger partial charge >= 0.3 is 0 Å². The molecule has 3 aromatic rings. The number of hydrogen-bond donors (Lipinski definition) is 1. The van der Waals surface area contributed by atoms with Crippen molar-refractivity contribution in [3.63, 3.8) is 0 Å². The molecule has 0 bridgehead atoms. The number of aryl methyl sites for hydroxylation is 1. The summed E-state index contributed by atoms with van der Waals surface area (Å²) in [5.74, 6) is 3.08. The first-order valence-electron chi connectivity index (χ1n) is 10.2. The molecule has 1 N–H and O–H groups in total. The molecule has 0 aliphatic carbocycles. The van der Waals surface area contributed by atoms with E-state index in [1.165, 1.54) is 19.3 Å². The van der Waals surface area contributed by atoms with E-state index in [0.29, 0.717) is 0 Å². The van der Waals surface area contributed by atoms with Crippen LogP contribution in [0.25, 0.3) is 11.0 Å². The molecule has 0 atom stereocenters. The van der Waals surface area contributed by atoms with Crippen LogP contribution in [0.15, 0.2) is 24.8 Å². The van der Waals surface area contributed by atoms with E-state index in [0.717, 1.165) is 73.4 Å². The van der Waals surface area contributed by atoms with Gasteiger partial charge in [0.25, 0.3) is 0 Å². The van der Waals surface area contributed by atoms with E-state index in [-0.39, 0.29) is 0 Å². The number of piperazine rings is 1. The second kappa shape index (κ2) is 7.26. The highest BCUT2D eigenvalue weighted by Gasteiger charge is 2.22. The Bertz CT molecular complexity index is 954. The van der Waals surface area contributed by atoms with Crippen LogP contribution in [-0.2, 0) is 0 Å². The number of fused-ring (bicyclic) bond motifs is 1. The molecule has 146 valence electrons. The molecule has 0 radical (unpaired) electrons. The van der Waals surface area contributed by atoms with Gasteiger partial charge in [0.15, 0.2) is 5.82 Å². The molecule has 2 saturated heterocycles. The Hall–Kier alpha value is -2.90. The van der Waals surface area contributed by atoms with Crippen LogP contribution in [0.3, 0.4) is 0 Å². The Morgan fingerprint density at radius 3 is 2.11 bits per heavy atom. The highest BCUT2D eigenvalue weighted by molar-refractivity contribution is 5.86. The molecule has 28 heavy (non-hydrogen) atoms. The summed E-state index contributed by atoms with van der Waals surface area (Å²) in [7, 11) is 0. The van der Waals surface area contributed by atoms with Gasteiger partial charge in [-0.05, 0) is 32.3 Å². The minimum Gasteiger partial charge on any atom is -0.356 e. The SMILES string of the molecule is Cc1cc2ncnc(N3CCN(c4cc(N5CCCCC5)ncn4)CC3)c2[nH]1. The summed E-state index contributed by atoms with van der Waals surface area (Å²) in [5, 5.41) is 0. The van der Waals surface area contributed by atoms with Crippen molar-refractivity contribution in [3.05, 3.63) is 30.5 Å². The monoisotopic (exact) mass is 378 g/mol. The molecule has 3 aromatic heterocycles. The molecule has 8 nitrogen and oxygen atoms in total. The van der Waals surface area contributed by atoms with Gasteiger partial charge in [-0.1, -0.05) is 0 Å². The number of rotatable bonds is 3. The van der Waals surface area contributed by atoms with Crippen molar-refractivity contribution in [2.45, 2.75) is 26.2 Å². The molecule has 2 aliphatic heterocycles. The van der Waals surface area contributed by atoms with E-state index >= 15 is 0 Å². The summed E-state index contributed by atoms with van der Waals surface area (Å²) >= 11 is 0. The molecule has 8 heteroatoms. The Labute approximate surface area is 164 Å². The summed E-state index contributed by atoms with van der Waals surface area (Å²) in [4.78, 5) is 28.5. The molecule has 2 aliphatic rings. The van der Waals surface area contributed by atoms with E-state index in [9.17, 15) is 0 Å². The zero-order valence-electron chi connectivity index (χ0n) is 16.3. The van der Waals surface area contributed by atoms with Gasteiger partial charge in [0.05, 0.1) is 5.52 Å². The Morgan fingerprint density at radius 1 is 0.714 bits per heavy atom. The van der Waals surface area contributed by atoms with Crippen molar-refractivity contribution in [2.75, 3.05) is 54.0 Å². The molecule has 5 rings (SSSR count). The lowest BCUT2D eigenvalue weighted by atomic mass is 10.1. The molecule has 0 saturated carbocycles. The van der Waals surface area contributed by atoms with Crippen molar-refractivity contribution in [1.29, 1.82) is 0 Å². The van der Waals surface area contributed by atoms with Crippen molar-refractivity contribution >= 4 is 28.5 Å². The van der Waals surface area contributed by atoms with Crippen molar-refractivity contribution in [1.82, 2.24) is 24.9 Å². The minimum atomic E-state index is 0.910. The topological polar surface area (TPSA) is 77.1 Å². The standard InChI is InChI=1S/C20H26N8/c1-15-11-16-19(25-15)20(24-13-21-16)28-9-7-27(8-10-28)18-12-17(22-14-23-18)26-5-3-2-4-6-26/h11-14,25H,2-10H2,1H3. The average Bonchev–Trinajstić information content (AvgIpc) is 3.15. The minimum absolute atomic E-state index is 0.910. The number of nitrogens with one attached hydrogen (secondary N) is 1. The first-order valence-corrected chi connectivity index (χ1v) is 10.2. The van der Waals surface area contributed by atoms with Crippen molar-refractivity contribution < 1.29 is 0 Å². The second-order valence-electron chi connectivity index (χ2n) is 7.67. The van der Waals surface area contributed by atoms with Gasteiger partial charge < -0.3 is 19.7 Å². The smallest absolute Gasteiger partial charge is 0.156 e. The number of aromatic amines is 1. The van der Waals surface area contributed by atoms with Crippen LogP contribution < -0.4 is 14.7 Å². The number of H-pyrrole nitrogens is 1. The molecule has 0 spiro atoms. The zero-order chi connectivity index (χ0) is 18.9. The van der Waals surface area contributed by atoms with Gasteiger partial charge in [-0.3, -0.25) is 0 Å². The summed E-state index contributed by atoms with van der Waals surface area (Å²) < 4.78 is 0. The fourth-order valence-corrected chi connectivity index (χ4v) is 4.25. The quantitative estimate of drug-likeness (QED) is 0.750. The largest absolute Gasteiger partial charge is 0.356 e. The second-order valence-corrected chi connectivity index (χ2v) is 7.67. The van der Waals surface area contributed by atoms with E-state index in [1.54, 1.807) is 12.7 Å². The Balaban J connectivity index is 1.30. The van der Waals surface area contributed by atoms with Gasteiger partial charge in [0, 0.05) is 51.0 Å². The molecule has 0 aromatic carbocycles. The van der Waals surface area contributed by atoms with Gasteiger partial charge in [-0.15, -0.1) is 0 Å². The van der Waals surface area contributed by atoms with Crippen LogP contribution in [0.2, 0.25) is 0 Å². The van der Waals surface area contributed by atoms with Crippen LogP contribution in [0.5, 0.6) is 0 Å². The van der Waals surface area contributed by atoms with Gasteiger partial charge in [-0.25, -0.2) is 19.9 Å². The first kappa shape index (κ1) is 17.2. The Morgan fingerprint density at radius 2 is 1.36 bits per heavy atom. The predicted octanol–water partition coefficient (Wildman–Crippen LogP) is 2.37. The highest BCUT2D eigenvalue weighted by Crippen LogP contribution is 2.26. The van der Waals surface area contributed by atoms with Gasteiger partial charge in [0.1, 0.15) is 29.8 Å². The van der Waals surface area contributed by atoms with Crippen LogP contribution in [0.1, 0.15) is 25.0 Å². The lowest BCUT2D eigenvalue weighted by molar-refractivity contribution is 0.572. The third kappa shape index (κ3) is 3.23. The maximum absolute atomic E-state index is 4.55. The number of anilines is 3. The Kier molecular flexibility index (Phi) is 4.46. The number of piperidine rings is 1. The third-order valence-electron chi connectivity index (χ3n) is 5.75. The van der Waals surface area contributed by atoms with E-state index < -0.39 is 0 Å². The molecule has 0 unspecified atom stereocenters. The lowest BCUT2D eigenvalue weighted by Crippen LogP contribution is -2.47. The average molecular weight is 378 g/mol. The highest BCUT2D eigenvalue weighted by atomic mass is 15.3.